The molecule has 2 aliphatic carbocycles. The molecule has 17 heavy (non-hydrogen) atoms. The molecule has 0 aliphatic heterocycles. The van der Waals surface area contributed by atoms with Crippen molar-refractivity contribution >= 4 is 5.97 Å². The van der Waals surface area contributed by atoms with Gasteiger partial charge in [0.15, 0.2) is 0 Å². The molecule has 2 fully saturated rings. The number of hydrogen-bond donors (Lipinski definition) is 1. The third kappa shape index (κ3) is 4.66. The molecule has 0 aromatic rings. The molecule has 0 unspecified atom stereocenters. The Morgan fingerprint density at radius 3 is 2.41 bits per heavy atom. The summed E-state index contributed by atoms with van der Waals surface area (Å²) in [6.07, 6.45) is 10.8. The lowest BCUT2D eigenvalue weighted by molar-refractivity contribution is -0.137. The molecule has 0 heterocycles. The number of carbonyl (C=O) groups is 1. The van der Waals surface area contributed by atoms with Crippen LogP contribution >= 0.6 is 0 Å². The van der Waals surface area contributed by atoms with Crippen molar-refractivity contribution in [2.45, 2.75) is 63.8 Å². The molecule has 2 aliphatic rings. The van der Waals surface area contributed by atoms with Crippen molar-refractivity contribution in [1.82, 2.24) is 4.90 Å². The van der Waals surface area contributed by atoms with Gasteiger partial charge in [-0.3, -0.25) is 4.79 Å². The monoisotopic (exact) mass is 239 g/mol. The molecule has 2 saturated carbocycles. The summed E-state index contributed by atoms with van der Waals surface area (Å²) in [6, 6.07) is 0.783. The van der Waals surface area contributed by atoms with Gasteiger partial charge < -0.3 is 10.0 Å². The number of hydrogen-bond acceptors (Lipinski definition) is 2. The molecule has 0 radical (unpaired) electrons. The third-order valence-electron chi connectivity index (χ3n) is 4.12. The van der Waals surface area contributed by atoms with Crippen LogP contribution in [0.5, 0.6) is 0 Å². The summed E-state index contributed by atoms with van der Waals surface area (Å²) in [5, 5.41) is 8.68. The minimum atomic E-state index is -0.654. The highest BCUT2D eigenvalue weighted by Gasteiger charge is 2.30. The van der Waals surface area contributed by atoms with Gasteiger partial charge in [-0.25, -0.2) is 0 Å². The van der Waals surface area contributed by atoms with Crippen molar-refractivity contribution in [1.29, 1.82) is 0 Å². The molecule has 0 amide bonds. The fourth-order valence-corrected chi connectivity index (χ4v) is 3.00. The molecule has 1 N–H and O–H groups in total. The molecule has 98 valence electrons. The summed E-state index contributed by atoms with van der Waals surface area (Å²) in [6.45, 7) is 2.22. The maximum atomic E-state index is 10.5. The van der Waals surface area contributed by atoms with Gasteiger partial charge in [-0.2, -0.15) is 0 Å². The fourth-order valence-electron chi connectivity index (χ4n) is 3.00. The van der Waals surface area contributed by atoms with Gasteiger partial charge in [0.25, 0.3) is 0 Å². The highest BCUT2D eigenvalue weighted by molar-refractivity contribution is 5.66. The predicted molar refractivity (Wildman–Crippen MR) is 68.0 cm³/mol. The van der Waals surface area contributed by atoms with E-state index in [-0.39, 0.29) is 0 Å². The van der Waals surface area contributed by atoms with Crippen molar-refractivity contribution < 1.29 is 9.90 Å². The second kappa shape index (κ2) is 6.39. The van der Waals surface area contributed by atoms with Crippen LogP contribution in [0.1, 0.15) is 57.8 Å². The Morgan fingerprint density at radius 1 is 1.12 bits per heavy atom. The van der Waals surface area contributed by atoms with E-state index in [0.717, 1.165) is 24.9 Å². The zero-order chi connectivity index (χ0) is 12.1. The second-order valence-electron chi connectivity index (χ2n) is 5.73. The molecule has 3 heteroatoms. The van der Waals surface area contributed by atoms with Crippen LogP contribution in [0.2, 0.25) is 0 Å². The van der Waals surface area contributed by atoms with Crippen LogP contribution in [-0.2, 0) is 4.79 Å². The Balaban J connectivity index is 1.70. The lowest BCUT2D eigenvalue weighted by Gasteiger charge is -2.29. The zero-order valence-electron chi connectivity index (χ0n) is 10.7. The molecule has 2 rings (SSSR count). The van der Waals surface area contributed by atoms with E-state index in [0.29, 0.717) is 6.42 Å². The Morgan fingerprint density at radius 2 is 1.82 bits per heavy atom. The van der Waals surface area contributed by atoms with Crippen molar-refractivity contribution in [2.24, 2.45) is 5.92 Å². The Labute approximate surface area is 104 Å². The normalized spacial score (nSPS) is 21.9. The Bertz CT molecular complexity index is 245. The summed E-state index contributed by atoms with van der Waals surface area (Å²) >= 11 is 0. The summed E-state index contributed by atoms with van der Waals surface area (Å²) < 4.78 is 0. The smallest absolute Gasteiger partial charge is 0.303 e. The first-order chi connectivity index (χ1) is 8.25. The first kappa shape index (κ1) is 12.9. The van der Waals surface area contributed by atoms with Crippen LogP contribution in [0.3, 0.4) is 0 Å². The zero-order valence-corrected chi connectivity index (χ0v) is 10.7. The number of carboxylic acids is 1. The van der Waals surface area contributed by atoms with E-state index in [2.05, 4.69) is 4.90 Å². The summed E-state index contributed by atoms with van der Waals surface area (Å²) in [4.78, 5) is 13.1. The fraction of sp³-hybridized carbons (Fsp3) is 0.929. The average Bonchev–Trinajstić information content (AvgIpc) is 3.12. The molecule has 0 aromatic heterocycles. The predicted octanol–water partition coefficient (Wildman–Crippen LogP) is 2.90. The van der Waals surface area contributed by atoms with Crippen LogP contribution in [0.25, 0.3) is 0 Å². The van der Waals surface area contributed by atoms with Crippen LogP contribution < -0.4 is 0 Å². The van der Waals surface area contributed by atoms with Gasteiger partial charge in [0.2, 0.25) is 0 Å². The van der Waals surface area contributed by atoms with E-state index >= 15 is 0 Å². The largest absolute Gasteiger partial charge is 0.481 e. The number of nitrogens with zero attached hydrogens (tertiary/aromatic N) is 1. The average molecular weight is 239 g/mol. The quantitative estimate of drug-likeness (QED) is 0.742. The first-order valence-electron chi connectivity index (χ1n) is 7.21. The molecule has 0 saturated heterocycles. The molecular weight excluding hydrogens is 214 g/mol. The highest BCUT2D eigenvalue weighted by atomic mass is 16.4. The van der Waals surface area contributed by atoms with Gasteiger partial charge in [-0.05, 0) is 44.6 Å². The molecule has 0 spiro atoms. The maximum Gasteiger partial charge on any atom is 0.303 e. The lowest BCUT2D eigenvalue weighted by Crippen LogP contribution is -2.33. The number of carboxylic acid groups (broad SMARTS) is 1. The Hall–Kier alpha value is -0.570. The molecule has 0 atom stereocenters. The standard InChI is InChI=1S/C14H25NO2/c16-14(17)7-4-10-15(13-8-9-13)11-12-5-2-1-3-6-12/h12-13H,1-11H2,(H,16,17). The van der Waals surface area contributed by atoms with Crippen LogP contribution in [0.4, 0.5) is 0 Å². The van der Waals surface area contributed by atoms with E-state index in [1.165, 1.54) is 51.5 Å². The SMILES string of the molecule is O=C(O)CCCN(CC1CCCCC1)C1CC1. The highest BCUT2D eigenvalue weighted by Crippen LogP contribution is 2.31. The molecular formula is C14H25NO2. The topological polar surface area (TPSA) is 40.5 Å². The Kier molecular flexibility index (Phi) is 4.84. The van der Waals surface area contributed by atoms with Gasteiger partial charge in [0.1, 0.15) is 0 Å². The van der Waals surface area contributed by atoms with E-state index in [1.54, 1.807) is 0 Å². The van der Waals surface area contributed by atoms with E-state index < -0.39 is 5.97 Å². The minimum Gasteiger partial charge on any atom is -0.481 e. The van der Waals surface area contributed by atoms with E-state index in [1.807, 2.05) is 0 Å². The third-order valence-corrected chi connectivity index (χ3v) is 4.12. The maximum absolute atomic E-state index is 10.5. The summed E-state index contributed by atoms with van der Waals surface area (Å²) in [5.41, 5.74) is 0. The van der Waals surface area contributed by atoms with Crippen LogP contribution in [0.15, 0.2) is 0 Å². The lowest BCUT2D eigenvalue weighted by atomic mass is 9.89. The minimum absolute atomic E-state index is 0.327. The second-order valence-corrected chi connectivity index (χ2v) is 5.73. The van der Waals surface area contributed by atoms with Crippen LogP contribution in [-0.4, -0.2) is 35.1 Å². The number of aliphatic carboxylic acids is 1. The summed E-state index contributed by atoms with van der Waals surface area (Å²) in [7, 11) is 0. The first-order valence-corrected chi connectivity index (χ1v) is 7.21. The van der Waals surface area contributed by atoms with Crippen molar-refractivity contribution in [3.8, 4) is 0 Å². The summed E-state index contributed by atoms with van der Waals surface area (Å²) in [5.74, 6) is 0.229. The van der Waals surface area contributed by atoms with Crippen molar-refractivity contribution in [3.05, 3.63) is 0 Å². The molecule has 0 bridgehead atoms. The van der Waals surface area contributed by atoms with Gasteiger partial charge in [-0.1, -0.05) is 19.3 Å². The van der Waals surface area contributed by atoms with Gasteiger partial charge >= 0.3 is 5.97 Å². The van der Waals surface area contributed by atoms with Gasteiger partial charge in [0.05, 0.1) is 0 Å². The van der Waals surface area contributed by atoms with Gasteiger partial charge in [-0.15, -0.1) is 0 Å². The van der Waals surface area contributed by atoms with E-state index in [9.17, 15) is 4.79 Å². The molecule has 0 aromatic carbocycles. The van der Waals surface area contributed by atoms with Crippen molar-refractivity contribution in [3.63, 3.8) is 0 Å². The van der Waals surface area contributed by atoms with E-state index in [4.69, 9.17) is 5.11 Å². The van der Waals surface area contributed by atoms with Crippen LogP contribution in [0, 0.1) is 5.92 Å². The molecule has 3 nitrogen and oxygen atoms in total. The van der Waals surface area contributed by atoms with Crippen molar-refractivity contribution in [2.75, 3.05) is 13.1 Å². The van der Waals surface area contributed by atoms with Gasteiger partial charge in [0, 0.05) is 19.0 Å². The number of rotatable bonds is 7.